The highest BCUT2D eigenvalue weighted by molar-refractivity contribution is 5.83. The number of likely N-dealkylation sites (N-methyl/N-ethyl adjacent to an activating group) is 1. The Hall–Kier alpha value is -2.16. The predicted molar refractivity (Wildman–Crippen MR) is 96.5 cm³/mol. The topological polar surface area (TPSA) is 15.3 Å². The maximum Gasteiger partial charge on any atom is 0.0482 e. The minimum atomic E-state index is 0.369. The Morgan fingerprint density at radius 3 is 2.39 bits per heavy atom. The van der Waals surface area contributed by atoms with E-state index in [1.165, 1.54) is 21.9 Å². The Morgan fingerprint density at radius 2 is 1.57 bits per heavy atom. The molecule has 0 radical (unpaired) electrons. The smallest absolute Gasteiger partial charge is 0.0482 e. The molecule has 0 aromatic heterocycles. The summed E-state index contributed by atoms with van der Waals surface area (Å²) in [6.45, 7) is 2.01. The zero-order valence-electron chi connectivity index (χ0n) is 13.4. The quantitative estimate of drug-likeness (QED) is 0.765. The van der Waals surface area contributed by atoms with E-state index < -0.39 is 0 Å². The lowest BCUT2D eigenvalue weighted by atomic mass is 9.84. The van der Waals surface area contributed by atoms with Crippen molar-refractivity contribution >= 4 is 10.8 Å². The molecular formula is C21H22N2. The first-order valence-electron chi connectivity index (χ1n) is 8.27. The van der Waals surface area contributed by atoms with Gasteiger partial charge in [-0.3, -0.25) is 10.2 Å². The first-order valence-corrected chi connectivity index (χ1v) is 8.27. The molecule has 1 aliphatic heterocycles. The normalized spacial score (nSPS) is 22.3. The van der Waals surface area contributed by atoms with Crippen LogP contribution in [-0.2, 0) is 0 Å². The van der Waals surface area contributed by atoms with Gasteiger partial charge in [0.2, 0.25) is 0 Å². The molecule has 1 fully saturated rings. The van der Waals surface area contributed by atoms with Crippen LogP contribution < -0.4 is 5.32 Å². The molecule has 0 bridgehead atoms. The molecule has 2 atom stereocenters. The second-order valence-electron chi connectivity index (χ2n) is 6.50. The summed E-state index contributed by atoms with van der Waals surface area (Å²) in [6.07, 6.45) is 0. The summed E-state index contributed by atoms with van der Waals surface area (Å²) in [4.78, 5) is 2.36. The van der Waals surface area contributed by atoms with Gasteiger partial charge in [-0.05, 0) is 28.9 Å². The highest BCUT2D eigenvalue weighted by Crippen LogP contribution is 2.35. The van der Waals surface area contributed by atoms with Crippen molar-refractivity contribution in [3.05, 3.63) is 83.9 Å². The SMILES string of the molecule is CN1CN[C@@H](c2ccccc2)[C@H](c2ccc3ccccc3c2)C1. The number of nitrogens with one attached hydrogen (secondary N) is 1. The summed E-state index contributed by atoms with van der Waals surface area (Å²) in [5.74, 6) is 0.459. The molecule has 1 heterocycles. The molecule has 0 aliphatic carbocycles. The van der Waals surface area contributed by atoms with Crippen LogP contribution in [0.5, 0.6) is 0 Å². The largest absolute Gasteiger partial charge is 0.297 e. The van der Waals surface area contributed by atoms with Crippen LogP contribution in [0, 0.1) is 0 Å². The van der Waals surface area contributed by atoms with Crippen molar-refractivity contribution in [1.29, 1.82) is 0 Å². The van der Waals surface area contributed by atoms with Gasteiger partial charge >= 0.3 is 0 Å². The van der Waals surface area contributed by atoms with E-state index in [1.807, 2.05) is 0 Å². The fourth-order valence-electron chi connectivity index (χ4n) is 3.65. The molecular weight excluding hydrogens is 280 g/mol. The molecule has 2 heteroatoms. The minimum absolute atomic E-state index is 0.369. The van der Waals surface area contributed by atoms with Crippen molar-refractivity contribution in [3.63, 3.8) is 0 Å². The summed E-state index contributed by atoms with van der Waals surface area (Å²) in [5.41, 5.74) is 2.79. The number of hydrogen-bond donors (Lipinski definition) is 1. The molecule has 3 aromatic rings. The van der Waals surface area contributed by atoms with E-state index in [2.05, 4.69) is 90.1 Å². The molecule has 1 aliphatic rings. The Labute approximate surface area is 137 Å². The van der Waals surface area contributed by atoms with E-state index in [0.717, 1.165) is 13.2 Å². The highest BCUT2D eigenvalue weighted by Gasteiger charge is 2.29. The molecule has 1 saturated heterocycles. The van der Waals surface area contributed by atoms with Gasteiger partial charge in [-0.15, -0.1) is 0 Å². The average Bonchev–Trinajstić information content (AvgIpc) is 2.62. The molecule has 1 N–H and O–H groups in total. The minimum Gasteiger partial charge on any atom is -0.297 e. The Kier molecular flexibility index (Phi) is 3.86. The number of hydrogen-bond acceptors (Lipinski definition) is 2. The third kappa shape index (κ3) is 2.88. The van der Waals surface area contributed by atoms with Crippen LogP contribution in [-0.4, -0.2) is 25.2 Å². The number of rotatable bonds is 2. The van der Waals surface area contributed by atoms with Crippen molar-refractivity contribution in [2.45, 2.75) is 12.0 Å². The van der Waals surface area contributed by atoms with Crippen molar-refractivity contribution in [3.8, 4) is 0 Å². The zero-order chi connectivity index (χ0) is 15.6. The van der Waals surface area contributed by atoms with Crippen molar-refractivity contribution in [1.82, 2.24) is 10.2 Å². The fraction of sp³-hybridized carbons (Fsp3) is 0.238. The van der Waals surface area contributed by atoms with E-state index in [0.29, 0.717) is 12.0 Å². The molecule has 0 amide bonds. The van der Waals surface area contributed by atoms with Crippen LogP contribution in [0.1, 0.15) is 23.1 Å². The van der Waals surface area contributed by atoms with E-state index in [9.17, 15) is 0 Å². The zero-order valence-corrected chi connectivity index (χ0v) is 13.4. The maximum atomic E-state index is 3.71. The van der Waals surface area contributed by atoms with E-state index >= 15 is 0 Å². The predicted octanol–water partition coefficient (Wildman–Crippen LogP) is 4.16. The fourth-order valence-corrected chi connectivity index (χ4v) is 3.65. The first-order chi connectivity index (χ1) is 11.3. The van der Waals surface area contributed by atoms with Gasteiger partial charge in [-0.1, -0.05) is 72.8 Å². The second-order valence-corrected chi connectivity index (χ2v) is 6.50. The van der Waals surface area contributed by atoms with E-state index in [-0.39, 0.29) is 0 Å². The van der Waals surface area contributed by atoms with Crippen LogP contribution in [0.25, 0.3) is 10.8 Å². The Bertz CT molecular complexity index is 797. The third-order valence-corrected chi connectivity index (χ3v) is 4.85. The van der Waals surface area contributed by atoms with Crippen LogP contribution in [0.2, 0.25) is 0 Å². The maximum absolute atomic E-state index is 3.71. The van der Waals surface area contributed by atoms with Gasteiger partial charge in [-0.25, -0.2) is 0 Å². The Morgan fingerprint density at radius 1 is 0.826 bits per heavy atom. The van der Waals surface area contributed by atoms with Crippen molar-refractivity contribution in [2.75, 3.05) is 20.3 Å². The van der Waals surface area contributed by atoms with Crippen LogP contribution >= 0.6 is 0 Å². The lowest BCUT2D eigenvalue weighted by molar-refractivity contribution is 0.193. The van der Waals surface area contributed by atoms with Gasteiger partial charge in [0.25, 0.3) is 0 Å². The van der Waals surface area contributed by atoms with Gasteiger partial charge in [0.05, 0.1) is 0 Å². The van der Waals surface area contributed by atoms with Gasteiger partial charge < -0.3 is 0 Å². The lowest BCUT2D eigenvalue weighted by Gasteiger charge is -2.38. The van der Waals surface area contributed by atoms with Gasteiger partial charge in [0.15, 0.2) is 0 Å². The van der Waals surface area contributed by atoms with Crippen LogP contribution in [0.15, 0.2) is 72.8 Å². The molecule has 23 heavy (non-hydrogen) atoms. The molecule has 4 rings (SSSR count). The number of nitrogens with zero attached hydrogens (tertiary/aromatic N) is 1. The summed E-state index contributed by atoms with van der Waals surface area (Å²) >= 11 is 0. The van der Waals surface area contributed by atoms with Gasteiger partial charge in [0.1, 0.15) is 0 Å². The van der Waals surface area contributed by atoms with Crippen molar-refractivity contribution < 1.29 is 0 Å². The molecule has 0 spiro atoms. The third-order valence-electron chi connectivity index (χ3n) is 4.85. The highest BCUT2D eigenvalue weighted by atomic mass is 15.2. The first kappa shape index (κ1) is 14.4. The standard InChI is InChI=1S/C21H22N2/c1-23-14-20(21(22-15-23)17-8-3-2-4-9-17)19-12-11-16-7-5-6-10-18(16)13-19/h2-13,20-22H,14-15H2,1H3/t20-,21-/m0/s1. The van der Waals surface area contributed by atoms with Gasteiger partial charge in [0, 0.05) is 25.2 Å². The molecule has 3 aromatic carbocycles. The summed E-state index contributed by atoms with van der Waals surface area (Å²) < 4.78 is 0. The summed E-state index contributed by atoms with van der Waals surface area (Å²) in [7, 11) is 2.18. The number of fused-ring (bicyclic) bond motifs is 1. The Balaban J connectivity index is 1.75. The van der Waals surface area contributed by atoms with Gasteiger partial charge in [-0.2, -0.15) is 0 Å². The summed E-state index contributed by atoms with van der Waals surface area (Å²) in [6, 6.07) is 26.7. The monoisotopic (exact) mass is 302 g/mol. The second kappa shape index (κ2) is 6.15. The summed E-state index contributed by atoms with van der Waals surface area (Å²) in [5, 5.41) is 6.34. The van der Waals surface area contributed by atoms with Crippen molar-refractivity contribution in [2.24, 2.45) is 0 Å². The molecule has 0 saturated carbocycles. The average molecular weight is 302 g/mol. The van der Waals surface area contributed by atoms with Crippen LogP contribution in [0.3, 0.4) is 0 Å². The molecule has 116 valence electrons. The van der Waals surface area contributed by atoms with Crippen LogP contribution in [0.4, 0.5) is 0 Å². The molecule has 0 unspecified atom stereocenters. The van der Waals surface area contributed by atoms with E-state index in [1.54, 1.807) is 0 Å². The molecule has 2 nitrogen and oxygen atoms in total. The van der Waals surface area contributed by atoms with E-state index in [4.69, 9.17) is 0 Å². The number of benzene rings is 3. The lowest BCUT2D eigenvalue weighted by Crippen LogP contribution is -2.46.